The van der Waals surface area contributed by atoms with Crippen LogP contribution in [0.5, 0.6) is 0 Å². The summed E-state index contributed by atoms with van der Waals surface area (Å²) in [6.45, 7) is 0. The summed E-state index contributed by atoms with van der Waals surface area (Å²) in [5.74, 6) is -6.87. The highest BCUT2D eigenvalue weighted by atomic mass is 35.5. The van der Waals surface area contributed by atoms with Crippen molar-refractivity contribution in [3.63, 3.8) is 0 Å². The maximum atomic E-state index is 15.0. The highest BCUT2D eigenvalue weighted by Crippen LogP contribution is 2.43. The molecule has 228 valence electrons. The second-order valence-corrected chi connectivity index (χ2v) is 11.2. The van der Waals surface area contributed by atoms with E-state index in [4.69, 9.17) is 34.8 Å². The minimum atomic E-state index is -5.59. The van der Waals surface area contributed by atoms with Gasteiger partial charge in [0.2, 0.25) is 10.0 Å². The van der Waals surface area contributed by atoms with Crippen LogP contribution in [0, 0.1) is 0 Å². The summed E-state index contributed by atoms with van der Waals surface area (Å²) in [6, 6.07) is 1.77. The number of nitrogens with one attached hydrogen (secondary N) is 2. The van der Waals surface area contributed by atoms with E-state index in [0.29, 0.717) is 18.2 Å². The van der Waals surface area contributed by atoms with Crippen LogP contribution in [0.3, 0.4) is 0 Å². The number of benzene rings is 2. The van der Waals surface area contributed by atoms with Crippen LogP contribution >= 0.6 is 34.8 Å². The summed E-state index contributed by atoms with van der Waals surface area (Å²) in [6.07, 6.45) is -18.7. The fourth-order valence-electron chi connectivity index (χ4n) is 3.46. The Labute approximate surface area is 240 Å². The number of halogens is 13. The summed E-state index contributed by atoms with van der Waals surface area (Å²) < 4.78 is 161. The molecule has 0 aliphatic heterocycles. The first-order valence-electron chi connectivity index (χ1n) is 10.6. The maximum absolute atomic E-state index is 15.0. The Hall–Kier alpha value is -2.11. The molecule has 0 radical (unpaired) electrons. The number of carbonyl (C=O) groups is 1. The van der Waals surface area contributed by atoms with E-state index >= 15 is 4.39 Å². The van der Waals surface area contributed by atoms with Gasteiger partial charge in [0.25, 0.3) is 0 Å². The molecular formula is C22H15Cl3F10N2O3S. The van der Waals surface area contributed by atoms with Gasteiger partial charge in [-0.25, -0.2) is 18.2 Å². The van der Waals surface area contributed by atoms with Crippen molar-refractivity contribution < 1.29 is 57.1 Å². The molecule has 0 spiro atoms. The molecule has 0 aliphatic carbocycles. The van der Waals surface area contributed by atoms with Crippen LogP contribution in [0.4, 0.5) is 43.9 Å². The van der Waals surface area contributed by atoms with E-state index in [2.05, 4.69) is 0 Å². The van der Waals surface area contributed by atoms with Crippen LogP contribution in [0.25, 0.3) is 5.83 Å². The third-order valence-electron chi connectivity index (χ3n) is 5.23. The minimum absolute atomic E-state index is 0.124. The van der Waals surface area contributed by atoms with Gasteiger partial charge in [0.05, 0.1) is 27.1 Å². The van der Waals surface area contributed by atoms with Gasteiger partial charge in [-0.1, -0.05) is 46.9 Å². The molecule has 0 bridgehead atoms. The second-order valence-electron chi connectivity index (χ2n) is 8.16. The summed E-state index contributed by atoms with van der Waals surface area (Å²) >= 11 is 17.1. The molecule has 0 saturated carbocycles. The lowest BCUT2D eigenvalue weighted by Gasteiger charge is -2.21. The first-order valence-corrected chi connectivity index (χ1v) is 13.3. The Morgan fingerprint density at radius 2 is 1.49 bits per heavy atom. The van der Waals surface area contributed by atoms with Gasteiger partial charge in [0.15, 0.2) is 5.78 Å². The zero-order valence-electron chi connectivity index (χ0n) is 19.9. The number of Topliss-reactive ketones (excluding diaryl/α,β-unsaturated/α-hetero) is 1. The number of hydrazine groups is 1. The number of alkyl halides is 9. The molecular weight excluding hydrogens is 669 g/mol. The molecule has 2 aromatic rings. The number of allylic oxidation sites excluding steroid dienone is 1. The zero-order chi connectivity index (χ0) is 31.7. The predicted molar refractivity (Wildman–Crippen MR) is 131 cm³/mol. The zero-order valence-corrected chi connectivity index (χ0v) is 23.0. The van der Waals surface area contributed by atoms with Crippen LogP contribution in [0.15, 0.2) is 36.4 Å². The smallest absolute Gasteiger partial charge is 0.293 e. The van der Waals surface area contributed by atoms with Crippen LogP contribution in [-0.4, -0.2) is 38.9 Å². The van der Waals surface area contributed by atoms with Gasteiger partial charge in [0, 0.05) is 11.1 Å². The van der Waals surface area contributed by atoms with E-state index in [-0.39, 0.29) is 23.2 Å². The topological polar surface area (TPSA) is 75.3 Å². The molecule has 0 heterocycles. The van der Waals surface area contributed by atoms with Gasteiger partial charge in [0.1, 0.15) is 17.0 Å². The van der Waals surface area contributed by atoms with Crippen LogP contribution in [0.2, 0.25) is 15.1 Å². The molecule has 2 unspecified atom stereocenters. The van der Waals surface area contributed by atoms with E-state index in [1.807, 2.05) is 0 Å². The van der Waals surface area contributed by atoms with E-state index in [1.54, 1.807) is 5.43 Å². The van der Waals surface area contributed by atoms with E-state index in [0.717, 1.165) is 7.05 Å². The quantitative estimate of drug-likeness (QED) is 0.122. The molecule has 0 aliphatic rings. The van der Waals surface area contributed by atoms with Crippen molar-refractivity contribution in [3.05, 3.63) is 73.7 Å². The molecule has 19 heteroatoms. The summed E-state index contributed by atoms with van der Waals surface area (Å²) in [5.41, 5.74) is -3.87. The number of rotatable bonds is 9. The van der Waals surface area contributed by atoms with Crippen molar-refractivity contribution in [2.24, 2.45) is 0 Å². The average Bonchev–Trinajstić information content (AvgIpc) is 2.81. The van der Waals surface area contributed by atoms with Crippen molar-refractivity contribution in [2.75, 3.05) is 7.05 Å². The first kappa shape index (κ1) is 35.1. The van der Waals surface area contributed by atoms with Crippen molar-refractivity contribution in [3.8, 4) is 0 Å². The van der Waals surface area contributed by atoms with Gasteiger partial charge in [-0.3, -0.25) is 4.79 Å². The summed E-state index contributed by atoms with van der Waals surface area (Å²) in [5, 5.41) is -4.34. The normalized spacial score (nSPS) is 15.1. The summed E-state index contributed by atoms with van der Waals surface area (Å²) in [4.78, 5) is 14.1. The molecule has 41 heavy (non-hydrogen) atoms. The molecule has 2 atom stereocenters. The SMILES string of the molecule is CNNS(=O)(=O)C(CC(F)(F)F)C(=O)c1ccc(/C(F)=C/C(c2cc(Cl)c(Cl)c(Cl)c2)C(F)(F)F)cc1C(F)(F)F. The van der Waals surface area contributed by atoms with Crippen LogP contribution in [-0.2, 0) is 16.2 Å². The molecule has 0 saturated heterocycles. The molecule has 0 amide bonds. The minimum Gasteiger partial charge on any atom is -0.293 e. The Morgan fingerprint density at radius 1 is 0.951 bits per heavy atom. The van der Waals surface area contributed by atoms with Crippen molar-refractivity contribution in [1.29, 1.82) is 0 Å². The number of hydrogen-bond donors (Lipinski definition) is 2. The highest BCUT2D eigenvalue weighted by molar-refractivity contribution is 7.90. The van der Waals surface area contributed by atoms with E-state index in [1.165, 1.54) is 4.83 Å². The molecule has 0 fully saturated rings. The monoisotopic (exact) mass is 682 g/mol. The van der Waals surface area contributed by atoms with Crippen LogP contribution < -0.4 is 10.3 Å². The molecule has 2 N–H and O–H groups in total. The fourth-order valence-corrected chi connectivity index (χ4v) is 5.32. The Kier molecular flexibility index (Phi) is 10.8. The maximum Gasteiger partial charge on any atom is 0.417 e. The van der Waals surface area contributed by atoms with Crippen molar-refractivity contribution in [2.45, 2.75) is 36.1 Å². The number of ketones is 1. The first-order chi connectivity index (χ1) is 18.5. The summed E-state index contributed by atoms with van der Waals surface area (Å²) in [7, 11) is -4.37. The molecule has 0 aromatic heterocycles. The second kappa shape index (κ2) is 12.6. The largest absolute Gasteiger partial charge is 0.417 e. The Bertz CT molecular complexity index is 1420. The average molecular weight is 684 g/mol. The standard InChI is InChI=1S/C22H15Cl3F10N2O3S/c1-36-37-41(39,40)17(8-20(27,28)29)19(38)11-3-2-9(4-13(11)22(33,34)35)16(26)7-12(21(30,31)32)10-5-14(23)18(25)15(24)6-10/h2-7,12,17,36-37H,8H2,1H3/b16-7-. The van der Waals surface area contributed by atoms with Gasteiger partial charge >= 0.3 is 18.5 Å². The van der Waals surface area contributed by atoms with Crippen molar-refractivity contribution >= 4 is 56.4 Å². The highest BCUT2D eigenvalue weighted by Gasteiger charge is 2.46. The molecule has 5 nitrogen and oxygen atoms in total. The van der Waals surface area contributed by atoms with Gasteiger partial charge in [-0.2, -0.15) is 44.3 Å². The number of hydrogen-bond acceptors (Lipinski definition) is 4. The lowest BCUT2D eigenvalue weighted by Crippen LogP contribution is -2.46. The van der Waals surface area contributed by atoms with E-state index in [9.17, 15) is 52.7 Å². The Morgan fingerprint density at radius 3 is 1.93 bits per heavy atom. The van der Waals surface area contributed by atoms with Gasteiger partial charge in [-0.05, 0) is 36.9 Å². The third-order valence-corrected chi connectivity index (χ3v) is 8.04. The third kappa shape index (κ3) is 8.94. The molecule has 2 rings (SSSR count). The predicted octanol–water partition coefficient (Wildman–Crippen LogP) is 7.88. The van der Waals surface area contributed by atoms with Crippen molar-refractivity contribution in [1.82, 2.24) is 10.3 Å². The lowest BCUT2D eigenvalue weighted by molar-refractivity contribution is -0.140. The van der Waals surface area contributed by atoms with Gasteiger partial charge < -0.3 is 0 Å². The van der Waals surface area contributed by atoms with E-state index < -0.39 is 90.1 Å². The lowest BCUT2D eigenvalue weighted by atomic mass is 9.94. The number of sulfonamides is 1. The fraction of sp³-hybridized carbons (Fsp3) is 0.318. The molecule has 2 aromatic carbocycles. The van der Waals surface area contributed by atoms with Gasteiger partial charge in [-0.15, -0.1) is 0 Å². The Balaban J connectivity index is 2.71. The van der Waals surface area contributed by atoms with Crippen LogP contribution in [0.1, 0.15) is 39.4 Å². The number of carbonyl (C=O) groups excluding carboxylic acids is 1.